The number of halogens is 2. The SMILES string of the molecule is COc1ccc2ncc3c(-c4ccc(Cl)cc4)nn(-c4cccc(F)c4)c3c2c1. The van der Waals surface area contributed by atoms with Gasteiger partial charge >= 0.3 is 0 Å². The van der Waals surface area contributed by atoms with E-state index in [-0.39, 0.29) is 5.82 Å². The highest BCUT2D eigenvalue weighted by molar-refractivity contribution is 6.30. The molecule has 0 radical (unpaired) electrons. The van der Waals surface area contributed by atoms with E-state index in [2.05, 4.69) is 4.98 Å². The van der Waals surface area contributed by atoms with Gasteiger partial charge in [0.25, 0.3) is 0 Å². The fourth-order valence-corrected chi connectivity index (χ4v) is 3.63. The molecule has 0 fully saturated rings. The van der Waals surface area contributed by atoms with Crippen LogP contribution in [-0.2, 0) is 0 Å². The van der Waals surface area contributed by atoms with Crippen molar-refractivity contribution < 1.29 is 9.13 Å². The van der Waals surface area contributed by atoms with E-state index < -0.39 is 0 Å². The van der Waals surface area contributed by atoms with E-state index in [0.717, 1.165) is 33.1 Å². The predicted molar refractivity (Wildman–Crippen MR) is 113 cm³/mol. The van der Waals surface area contributed by atoms with Crippen LogP contribution in [0, 0.1) is 5.82 Å². The summed E-state index contributed by atoms with van der Waals surface area (Å²) in [5.41, 5.74) is 3.92. The van der Waals surface area contributed by atoms with Crippen molar-refractivity contribution in [3.63, 3.8) is 0 Å². The molecule has 0 saturated heterocycles. The van der Waals surface area contributed by atoms with Gasteiger partial charge in [0.2, 0.25) is 0 Å². The highest BCUT2D eigenvalue weighted by Crippen LogP contribution is 2.35. The number of ether oxygens (including phenoxy) is 1. The number of benzene rings is 3. The Bertz CT molecular complexity index is 1360. The number of fused-ring (bicyclic) bond motifs is 3. The van der Waals surface area contributed by atoms with Crippen molar-refractivity contribution in [3.8, 4) is 22.7 Å². The van der Waals surface area contributed by atoms with Gasteiger partial charge in [-0.1, -0.05) is 29.8 Å². The van der Waals surface area contributed by atoms with Crippen LogP contribution in [0.4, 0.5) is 4.39 Å². The first-order valence-corrected chi connectivity index (χ1v) is 9.39. The average molecular weight is 404 g/mol. The van der Waals surface area contributed by atoms with Crippen LogP contribution in [0.2, 0.25) is 5.02 Å². The first kappa shape index (κ1) is 17.6. The summed E-state index contributed by atoms with van der Waals surface area (Å²) in [7, 11) is 1.62. The molecule has 0 unspecified atom stereocenters. The van der Waals surface area contributed by atoms with Gasteiger partial charge < -0.3 is 4.74 Å². The number of methoxy groups -OCH3 is 1. The summed E-state index contributed by atoms with van der Waals surface area (Å²) in [6.07, 6.45) is 1.80. The third kappa shape index (κ3) is 3.00. The van der Waals surface area contributed by atoms with Crippen LogP contribution in [0.5, 0.6) is 5.75 Å². The zero-order valence-corrected chi connectivity index (χ0v) is 16.2. The zero-order valence-electron chi connectivity index (χ0n) is 15.4. The van der Waals surface area contributed by atoms with Crippen molar-refractivity contribution in [2.45, 2.75) is 0 Å². The molecule has 5 aromatic rings. The van der Waals surface area contributed by atoms with Crippen molar-refractivity contribution in [1.82, 2.24) is 14.8 Å². The van der Waals surface area contributed by atoms with Crippen molar-refractivity contribution in [2.75, 3.05) is 7.11 Å². The van der Waals surface area contributed by atoms with Crippen molar-refractivity contribution in [2.24, 2.45) is 0 Å². The van der Waals surface area contributed by atoms with Crippen LogP contribution < -0.4 is 4.74 Å². The number of hydrogen-bond donors (Lipinski definition) is 0. The van der Waals surface area contributed by atoms with Gasteiger partial charge in [0, 0.05) is 27.6 Å². The Morgan fingerprint density at radius 1 is 0.966 bits per heavy atom. The van der Waals surface area contributed by atoms with Gasteiger partial charge in [-0.15, -0.1) is 0 Å². The van der Waals surface area contributed by atoms with Crippen molar-refractivity contribution in [1.29, 1.82) is 0 Å². The topological polar surface area (TPSA) is 39.9 Å². The number of aromatic nitrogens is 3. The molecule has 0 aliphatic carbocycles. The van der Waals surface area contributed by atoms with Gasteiger partial charge in [0.05, 0.1) is 23.8 Å². The molecule has 0 N–H and O–H groups in total. The van der Waals surface area contributed by atoms with E-state index in [4.69, 9.17) is 21.4 Å². The van der Waals surface area contributed by atoms with Crippen LogP contribution in [0.1, 0.15) is 0 Å². The minimum absolute atomic E-state index is 0.324. The molecule has 142 valence electrons. The molecule has 0 atom stereocenters. The lowest BCUT2D eigenvalue weighted by molar-refractivity contribution is 0.415. The summed E-state index contributed by atoms with van der Waals surface area (Å²) in [6.45, 7) is 0. The molecule has 6 heteroatoms. The normalized spacial score (nSPS) is 11.3. The second-order valence-corrected chi connectivity index (χ2v) is 7.09. The van der Waals surface area contributed by atoms with Crippen LogP contribution in [-0.4, -0.2) is 21.9 Å². The lowest BCUT2D eigenvalue weighted by Gasteiger charge is -2.07. The predicted octanol–water partition coefficient (Wildman–Crippen LogP) is 6.04. The van der Waals surface area contributed by atoms with E-state index in [1.165, 1.54) is 12.1 Å². The molecule has 0 spiro atoms. The van der Waals surface area contributed by atoms with Gasteiger partial charge in [-0.25, -0.2) is 9.07 Å². The van der Waals surface area contributed by atoms with Crippen LogP contribution >= 0.6 is 11.6 Å². The van der Waals surface area contributed by atoms with Gasteiger partial charge in [-0.05, 0) is 48.5 Å². The van der Waals surface area contributed by atoms with E-state index in [0.29, 0.717) is 16.5 Å². The molecule has 2 heterocycles. The van der Waals surface area contributed by atoms with Gasteiger partial charge in [0.1, 0.15) is 17.3 Å². The van der Waals surface area contributed by atoms with E-state index in [1.54, 1.807) is 24.1 Å². The summed E-state index contributed by atoms with van der Waals surface area (Å²) >= 11 is 6.05. The second-order valence-electron chi connectivity index (χ2n) is 6.65. The first-order chi connectivity index (χ1) is 14.1. The average Bonchev–Trinajstić information content (AvgIpc) is 3.14. The molecular weight excluding hydrogens is 389 g/mol. The molecule has 0 aliphatic heterocycles. The van der Waals surface area contributed by atoms with Gasteiger partial charge in [0.15, 0.2) is 0 Å². The van der Waals surface area contributed by atoms with Crippen LogP contribution in [0.3, 0.4) is 0 Å². The highest BCUT2D eigenvalue weighted by Gasteiger charge is 2.18. The molecule has 0 amide bonds. The third-order valence-corrected chi connectivity index (χ3v) is 5.14. The fraction of sp³-hybridized carbons (Fsp3) is 0.0435. The summed E-state index contributed by atoms with van der Waals surface area (Å²) < 4.78 is 21.1. The van der Waals surface area contributed by atoms with E-state index in [1.807, 2.05) is 48.5 Å². The lowest BCUT2D eigenvalue weighted by atomic mass is 10.1. The molecule has 0 bridgehead atoms. The van der Waals surface area contributed by atoms with Crippen LogP contribution in [0.15, 0.2) is 72.9 Å². The fourth-order valence-electron chi connectivity index (χ4n) is 3.51. The Balaban J connectivity index is 1.90. The Hall–Kier alpha value is -3.44. The molecule has 0 saturated carbocycles. The van der Waals surface area contributed by atoms with Crippen molar-refractivity contribution >= 4 is 33.4 Å². The Morgan fingerprint density at radius 3 is 2.55 bits per heavy atom. The minimum Gasteiger partial charge on any atom is -0.497 e. The largest absolute Gasteiger partial charge is 0.497 e. The maximum absolute atomic E-state index is 14.0. The Labute approximate surface area is 171 Å². The quantitative estimate of drug-likeness (QED) is 0.368. The molecule has 0 aliphatic rings. The van der Waals surface area contributed by atoms with Crippen molar-refractivity contribution in [3.05, 3.63) is 83.8 Å². The molecule has 2 aromatic heterocycles. The zero-order chi connectivity index (χ0) is 20.0. The highest BCUT2D eigenvalue weighted by atomic mass is 35.5. The monoisotopic (exact) mass is 403 g/mol. The Kier molecular flexibility index (Phi) is 4.18. The lowest BCUT2D eigenvalue weighted by Crippen LogP contribution is -1.98. The van der Waals surface area contributed by atoms with Gasteiger partial charge in [-0.2, -0.15) is 5.10 Å². The first-order valence-electron chi connectivity index (χ1n) is 9.01. The van der Waals surface area contributed by atoms with E-state index >= 15 is 0 Å². The van der Waals surface area contributed by atoms with Crippen LogP contribution in [0.25, 0.3) is 38.8 Å². The number of hydrogen-bond acceptors (Lipinski definition) is 3. The van der Waals surface area contributed by atoms with E-state index in [9.17, 15) is 4.39 Å². The molecule has 5 rings (SSSR count). The summed E-state index contributed by atoms with van der Waals surface area (Å²) in [5, 5.41) is 7.21. The second kappa shape index (κ2) is 6.87. The summed E-state index contributed by atoms with van der Waals surface area (Å²) in [5.74, 6) is 0.391. The number of pyridine rings is 1. The molecular formula is C23H15ClFN3O. The summed E-state index contributed by atoms with van der Waals surface area (Å²) in [6, 6.07) is 19.5. The third-order valence-electron chi connectivity index (χ3n) is 4.88. The van der Waals surface area contributed by atoms with Gasteiger partial charge in [-0.3, -0.25) is 4.98 Å². The number of rotatable bonds is 3. The molecule has 4 nitrogen and oxygen atoms in total. The smallest absolute Gasteiger partial charge is 0.125 e. The maximum atomic E-state index is 14.0. The Morgan fingerprint density at radius 2 is 1.79 bits per heavy atom. The molecule has 29 heavy (non-hydrogen) atoms. The summed E-state index contributed by atoms with van der Waals surface area (Å²) in [4.78, 5) is 4.60. The molecule has 3 aromatic carbocycles. The number of nitrogens with zero attached hydrogens (tertiary/aromatic N) is 3. The maximum Gasteiger partial charge on any atom is 0.125 e. The standard InChI is InChI=1S/C23H15ClFN3O/c1-29-18-9-10-21-19(12-18)23-20(13-26-21)22(14-5-7-15(24)8-6-14)27-28(23)17-4-2-3-16(25)11-17/h2-13H,1H3. The minimum atomic E-state index is -0.324.